The van der Waals surface area contributed by atoms with Crippen molar-refractivity contribution in [2.24, 2.45) is 0 Å². The van der Waals surface area contributed by atoms with Gasteiger partial charge < -0.3 is 14.9 Å². The Morgan fingerprint density at radius 3 is 2.95 bits per heavy atom. The Kier molecular flexibility index (Phi) is 3.62. The Balaban J connectivity index is 1.81. The number of rotatable bonds is 3. The van der Waals surface area contributed by atoms with Crippen molar-refractivity contribution in [3.05, 3.63) is 63.6 Å². The molecule has 21 heavy (non-hydrogen) atoms. The van der Waals surface area contributed by atoms with Gasteiger partial charge in [-0.1, -0.05) is 22.0 Å². The molecule has 0 saturated heterocycles. The lowest BCUT2D eigenvalue weighted by Gasteiger charge is -2.07. The van der Waals surface area contributed by atoms with Crippen LogP contribution in [0.4, 0.5) is 5.69 Å². The largest absolute Gasteiger partial charge is 0.338 e. The number of aromatic amines is 1. The SMILES string of the molecule is O=C(Cn1ccc2c(=O)[nH]ccc21)Nc1cccc(Br)c1. The van der Waals surface area contributed by atoms with E-state index in [1.807, 2.05) is 24.3 Å². The number of hydrogen-bond donors (Lipinski definition) is 2. The molecule has 5 nitrogen and oxygen atoms in total. The standard InChI is InChI=1S/C15H12BrN3O2/c16-10-2-1-3-11(8-10)18-14(20)9-19-7-5-12-13(19)4-6-17-15(12)21/h1-8H,9H2,(H,17,21)(H,18,20). The van der Waals surface area contributed by atoms with Gasteiger partial charge in [-0.05, 0) is 30.3 Å². The van der Waals surface area contributed by atoms with Crippen LogP contribution in [0, 0.1) is 0 Å². The average molecular weight is 346 g/mol. The maximum Gasteiger partial charge on any atom is 0.257 e. The van der Waals surface area contributed by atoms with E-state index in [0.29, 0.717) is 5.39 Å². The lowest BCUT2D eigenvalue weighted by Crippen LogP contribution is -2.18. The molecule has 0 aliphatic rings. The normalized spacial score (nSPS) is 10.7. The van der Waals surface area contributed by atoms with E-state index < -0.39 is 0 Å². The molecule has 0 atom stereocenters. The summed E-state index contributed by atoms with van der Waals surface area (Å²) in [5.41, 5.74) is 1.31. The molecule has 1 aromatic carbocycles. The highest BCUT2D eigenvalue weighted by atomic mass is 79.9. The summed E-state index contributed by atoms with van der Waals surface area (Å²) in [6, 6.07) is 10.9. The fourth-order valence-electron chi connectivity index (χ4n) is 2.20. The van der Waals surface area contributed by atoms with E-state index in [9.17, 15) is 9.59 Å². The summed E-state index contributed by atoms with van der Waals surface area (Å²) in [4.78, 5) is 26.3. The second-order valence-corrected chi connectivity index (χ2v) is 5.52. The predicted octanol–water partition coefficient (Wildman–Crippen LogP) is 2.73. The van der Waals surface area contributed by atoms with E-state index in [1.54, 1.807) is 29.1 Å². The van der Waals surface area contributed by atoms with Crippen LogP contribution < -0.4 is 10.9 Å². The molecule has 0 saturated carbocycles. The van der Waals surface area contributed by atoms with Crippen LogP contribution in [-0.2, 0) is 11.3 Å². The number of hydrogen-bond acceptors (Lipinski definition) is 2. The summed E-state index contributed by atoms with van der Waals surface area (Å²) in [5.74, 6) is -0.147. The van der Waals surface area contributed by atoms with Gasteiger partial charge in [0.05, 0.1) is 10.9 Å². The minimum Gasteiger partial charge on any atom is -0.338 e. The number of nitrogens with one attached hydrogen (secondary N) is 2. The molecule has 106 valence electrons. The lowest BCUT2D eigenvalue weighted by molar-refractivity contribution is -0.116. The van der Waals surface area contributed by atoms with Gasteiger partial charge in [-0.25, -0.2) is 0 Å². The summed E-state index contributed by atoms with van der Waals surface area (Å²) in [6.07, 6.45) is 3.31. The van der Waals surface area contributed by atoms with Gasteiger partial charge in [0.2, 0.25) is 5.91 Å². The number of H-pyrrole nitrogens is 1. The van der Waals surface area contributed by atoms with Gasteiger partial charge in [-0.2, -0.15) is 0 Å². The Labute approximate surface area is 128 Å². The van der Waals surface area contributed by atoms with Gasteiger partial charge >= 0.3 is 0 Å². The highest BCUT2D eigenvalue weighted by Gasteiger charge is 2.08. The first-order chi connectivity index (χ1) is 10.1. The number of carbonyl (C=O) groups excluding carboxylic acids is 1. The van der Waals surface area contributed by atoms with E-state index in [0.717, 1.165) is 15.7 Å². The smallest absolute Gasteiger partial charge is 0.257 e. The molecule has 2 aromatic heterocycles. The molecule has 3 aromatic rings. The van der Waals surface area contributed by atoms with Crippen molar-refractivity contribution < 1.29 is 4.79 Å². The third-order valence-electron chi connectivity index (χ3n) is 3.13. The zero-order valence-corrected chi connectivity index (χ0v) is 12.6. The molecule has 0 unspecified atom stereocenters. The Morgan fingerprint density at radius 2 is 2.14 bits per heavy atom. The summed E-state index contributed by atoms with van der Waals surface area (Å²) in [6.45, 7) is 0.152. The van der Waals surface area contributed by atoms with Gasteiger partial charge in [0.15, 0.2) is 0 Å². The van der Waals surface area contributed by atoms with Crippen molar-refractivity contribution in [3.8, 4) is 0 Å². The number of carbonyl (C=O) groups is 1. The van der Waals surface area contributed by atoms with Crippen molar-refractivity contribution in [1.82, 2.24) is 9.55 Å². The summed E-state index contributed by atoms with van der Waals surface area (Å²) in [5, 5.41) is 3.40. The van der Waals surface area contributed by atoms with Gasteiger partial charge in [0.25, 0.3) is 5.56 Å². The predicted molar refractivity (Wildman–Crippen MR) is 85.3 cm³/mol. The topological polar surface area (TPSA) is 66.9 Å². The molecule has 0 bridgehead atoms. The van der Waals surface area contributed by atoms with Crippen LogP contribution in [0.1, 0.15) is 0 Å². The van der Waals surface area contributed by atoms with Crippen LogP contribution in [0.15, 0.2) is 58.1 Å². The van der Waals surface area contributed by atoms with Crippen molar-refractivity contribution in [2.75, 3.05) is 5.32 Å². The molecule has 0 aliphatic carbocycles. The van der Waals surface area contributed by atoms with Gasteiger partial charge in [-0.15, -0.1) is 0 Å². The Morgan fingerprint density at radius 1 is 1.29 bits per heavy atom. The maximum absolute atomic E-state index is 12.1. The summed E-state index contributed by atoms with van der Waals surface area (Å²) < 4.78 is 2.65. The van der Waals surface area contributed by atoms with Crippen LogP contribution in [-0.4, -0.2) is 15.5 Å². The number of benzene rings is 1. The molecule has 2 N–H and O–H groups in total. The van der Waals surface area contributed by atoms with E-state index in [2.05, 4.69) is 26.2 Å². The van der Waals surface area contributed by atoms with E-state index in [-0.39, 0.29) is 18.0 Å². The average Bonchev–Trinajstić information content (AvgIpc) is 2.83. The summed E-state index contributed by atoms with van der Waals surface area (Å²) >= 11 is 3.36. The molecule has 0 spiro atoms. The number of nitrogens with zero attached hydrogens (tertiary/aromatic N) is 1. The molecule has 6 heteroatoms. The molecular formula is C15H12BrN3O2. The minimum atomic E-state index is -0.154. The van der Waals surface area contributed by atoms with Crippen LogP contribution >= 0.6 is 15.9 Å². The fourth-order valence-corrected chi connectivity index (χ4v) is 2.60. The van der Waals surface area contributed by atoms with Crippen molar-refractivity contribution >= 4 is 38.4 Å². The number of aromatic nitrogens is 2. The molecular weight excluding hydrogens is 334 g/mol. The molecule has 3 rings (SSSR count). The Bertz CT molecular complexity index is 866. The zero-order chi connectivity index (χ0) is 14.8. The van der Waals surface area contributed by atoms with Crippen molar-refractivity contribution in [3.63, 3.8) is 0 Å². The minimum absolute atomic E-state index is 0.147. The van der Waals surface area contributed by atoms with E-state index >= 15 is 0 Å². The maximum atomic E-state index is 12.1. The highest BCUT2D eigenvalue weighted by Crippen LogP contribution is 2.16. The first kappa shape index (κ1) is 13.6. The van der Waals surface area contributed by atoms with Crippen LogP contribution in [0.25, 0.3) is 10.9 Å². The molecule has 0 fully saturated rings. The highest BCUT2D eigenvalue weighted by molar-refractivity contribution is 9.10. The second-order valence-electron chi connectivity index (χ2n) is 4.61. The van der Waals surface area contributed by atoms with Crippen molar-refractivity contribution in [2.45, 2.75) is 6.54 Å². The molecule has 0 aliphatic heterocycles. The number of anilines is 1. The summed E-state index contributed by atoms with van der Waals surface area (Å²) in [7, 11) is 0. The molecule has 1 amide bonds. The third kappa shape index (κ3) is 2.90. The number of amides is 1. The second kappa shape index (κ2) is 5.57. The lowest BCUT2D eigenvalue weighted by atomic mass is 10.3. The first-order valence-electron chi connectivity index (χ1n) is 6.35. The number of halogens is 1. The Hall–Kier alpha value is -2.34. The monoisotopic (exact) mass is 345 g/mol. The molecule has 0 radical (unpaired) electrons. The quantitative estimate of drug-likeness (QED) is 0.766. The first-order valence-corrected chi connectivity index (χ1v) is 7.15. The van der Waals surface area contributed by atoms with Crippen LogP contribution in [0.3, 0.4) is 0 Å². The van der Waals surface area contributed by atoms with Crippen LogP contribution in [0.5, 0.6) is 0 Å². The van der Waals surface area contributed by atoms with Gasteiger partial charge in [0, 0.05) is 22.6 Å². The number of fused-ring (bicyclic) bond motifs is 1. The van der Waals surface area contributed by atoms with Crippen molar-refractivity contribution in [1.29, 1.82) is 0 Å². The third-order valence-corrected chi connectivity index (χ3v) is 3.62. The van der Waals surface area contributed by atoms with E-state index in [1.165, 1.54) is 0 Å². The van der Waals surface area contributed by atoms with E-state index in [4.69, 9.17) is 0 Å². The van der Waals surface area contributed by atoms with Crippen LogP contribution in [0.2, 0.25) is 0 Å². The van der Waals surface area contributed by atoms with Gasteiger partial charge in [-0.3, -0.25) is 9.59 Å². The molecule has 2 heterocycles. The fraction of sp³-hybridized carbons (Fsp3) is 0.0667. The zero-order valence-electron chi connectivity index (χ0n) is 11.0. The van der Waals surface area contributed by atoms with Gasteiger partial charge in [0.1, 0.15) is 6.54 Å². The number of pyridine rings is 1.